The molecule has 10 heteroatoms. The minimum atomic E-state index is -3.73. The molecule has 0 saturated carbocycles. The molecule has 0 bridgehead atoms. The molecule has 9 nitrogen and oxygen atoms in total. The number of amides is 1. The van der Waals surface area contributed by atoms with Gasteiger partial charge in [0, 0.05) is 31.1 Å². The highest BCUT2D eigenvalue weighted by Crippen LogP contribution is 2.33. The molecule has 0 spiro atoms. The molecule has 0 aliphatic rings. The fourth-order valence-corrected chi connectivity index (χ4v) is 3.29. The lowest BCUT2D eigenvalue weighted by atomic mass is 10.1. The minimum absolute atomic E-state index is 0.000158. The Hall–Kier alpha value is -2.36. The number of methoxy groups -OCH3 is 1. The summed E-state index contributed by atoms with van der Waals surface area (Å²) in [6, 6.07) is 3.76. The highest BCUT2D eigenvalue weighted by Gasteiger charge is 2.24. The number of ether oxygens (including phenoxy) is 1. The number of rotatable bonds is 10. The van der Waals surface area contributed by atoms with Crippen molar-refractivity contribution in [1.29, 1.82) is 0 Å². The Bertz CT molecular complexity index is 779. The molecule has 0 radical (unpaired) electrons. The van der Waals surface area contributed by atoms with Gasteiger partial charge in [-0.05, 0) is 25.3 Å². The highest BCUT2D eigenvalue weighted by molar-refractivity contribution is 7.92. The van der Waals surface area contributed by atoms with E-state index in [4.69, 9.17) is 4.74 Å². The molecule has 1 rings (SSSR count). The van der Waals surface area contributed by atoms with Crippen LogP contribution in [0, 0.1) is 16.0 Å². The fourth-order valence-electron chi connectivity index (χ4n) is 2.33. The van der Waals surface area contributed by atoms with E-state index in [2.05, 4.69) is 5.32 Å². The number of anilines is 1. The van der Waals surface area contributed by atoms with Gasteiger partial charge in [0.2, 0.25) is 15.9 Å². The van der Waals surface area contributed by atoms with Crippen molar-refractivity contribution < 1.29 is 22.9 Å². The van der Waals surface area contributed by atoms with Crippen molar-refractivity contribution in [2.24, 2.45) is 5.92 Å². The molecule has 1 amide bonds. The first-order valence-electron chi connectivity index (χ1n) is 8.56. The van der Waals surface area contributed by atoms with Gasteiger partial charge >= 0.3 is 0 Å². The number of nitro groups is 1. The molecule has 152 valence electrons. The third-order valence-corrected chi connectivity index (χ3v) is 5.38. The largest absolute Gasteiger partial charge is 0.495 e. The summed E-state index contributed by atoms with van der Waals surface area (Å²) in [4.78, 5) is 22.4. The molecule has 0 aliphatic heterocycles. The Kier molecular flexibility index (Phi) is 8.01. The van der Waals surface area contributed by atoms with Crippen LogP contribution in [0.4, 0.5) is 11.4 Å². The molecule has 1 N–H and O–H groups in total. The van der Waals surface area contributed by atoms with Crippen molar-refractivity contribution in [3.8, 4) is 5.75 Å². The summed E-state index contributed by atoms with van der Waals surface area (Å²) in [6.07, 6.45) is 1.40. The van der Waals surface area contributed by atoms with Gasteiger partial charge in [0.25, 0.3) is 5.69 Å². The summed E-state index contributed by atoms with van der Waals surface area (Å²) in [5.74, 6) is 0.315. The van der Waals surface area contributed by atoms with Gasteiger partial charge in [-0.15, -0.1) is 0 Å². The fraction of sp³-hybridized carbons (Fsp3) is 0.588. The monoisotopic (exact) mass is 401 g/mol. The third-order valence-electron chi connectivity index (χ3n) is 4.20. The predicted molar refractivity (Wildman–Crippen MR) is 104 cm³/mol. The van der Waals surface area contributed by atoms with Crippen molar-refractivity contribution >= 4 is 27.3 Å². The molecule has 27 heavy (non-hydrogen) atoms. The van der Waals surface area contributed by atoms with Crippen LogP contribution in [-0.2, 0) is 14.8 Å². The lowest BCUT2D eigenvalue weighted by Crippen LogP contribution is -2.37. The van der Waals surface area contributed by atoms with Crippen molar-refractivity contribution in [2.75, 3.05) is 24.2 Å². The maximum Gasteiger partial charge on any atom is 0.271 e. The summed E-state index contributed by atoms with van der Waals surface area (Å²) in [5.41, 5.74) is -0.173. The van der Waals surface area contributed by atoms with Crippen LogP contribution < -0.4 is 14.4 Å². The number of carbonyl (C=O) groups is 1. The maximum atomic E-state index is 12.2. The van der Waals surface area contributed by atoms with Crippen molar-refractivity contribution in [1.82, 2.24) is 5.32 Å². The zero-order valence-corrected chi connectivity index (χ0v) is 17.1. The maximum absolute atomic E-state index is 12.2. The lowest BCUT2D eigenvalue weighted by molar-refractivity contribution is -0.384. The van der Waals surface area contributed by atoms with Crippen LogP contribution >= 0.6 is 0 Å². The first kappa shape index (κ1) is 22.7. The Labute approximate surface area is 159 Å². The zero-order valence-electron chi connectivity index (χ0n) is 16.3. The van der Waals surface area contributed by atoms with Gasteiger partial charge in [-0.25, -0.2) is 8.42 Å². The van der Waals surface area contributed by atoms with Crippen LogP contribution in [0.3, 0.4) is 0 Å². The van der Waals surface area contributed by atoms with E-state index >= 15 is 0 Å². The number of carbonyl (C=O) groups excluding carboxylic acids is 1. The highest BCUT2D eigenvalue weighted by atomic mass is 32.2. The molecule has 0 saturated heterocycles. The van der Waals surface area contributed by atoms with Crippen molar-refractivity contribution in [3.05, 3.63) is 28.3 Å². The van der Waals surface area contributed by atoms with Crippen LogP contribution in [-0.4, -0.2) is 45.2 Å². The first-order chi connectivity index (χ1) is 12.5. The molecule has 0 heterocycles. The summed E-state index contributed by atoms with van der Waals surface area (Å²) in [7, 11) is -2.38. The average Bonchev–Trinajstić information content (AvgIpc) is 2.56. The van der Waals surface area contributed by atoms with Crippen LogP contribution in [0.1, 0.15) is 33.6 Å². The molecule has 1 aromatic rings. The molecule has 0 fully saturated rings. The van der Waals surface area contributed by atoms with Gasteiger partial charge in [-0.2, -0.15) is 0 Å². The Balaban J connectivity index is 2.97. The summed E-state index contributed by atoms with van der Waals surface area (Å²) in [5, 5.41) is 13.9. The predicted octanol–water partition coefficient (Wildman–Crippen LogP) is 2.31. The summed E-state index contributed by atoms with van der Waals surface area (Å²) >= 11 is 0. The Morgan fingerprint density at radius 2 is 1.96 bits per heavy atom. The number of hydrogen-bond donors (Lipinski definition) is 1. The van der Waals surface area contributed by atoms with Gasteiger partial charge in [0.1, 0.15) is 11.4 Å². The van der Waals surface area contributed by atoms with E-state index in [1.54, 1.807) is 0 Å². The summed E-state index contributed by atoms with van der Waals surface area (Å²) < 4.78 is 30.6. The SMILES string of the molecule is COc1ccc([N+](=O)[O-])cc1N(CCCC(=O)N[C@H](C)C(C)C)S(C)(=O)=O. The second-order valence-electron chi connectivity index (χ2n) is 6.65. The van der Waals surface area contributed by atoms with Gasteiger partial charge in [-0.3, -0.25) is 19.2 Å². The smallest absolute Gasteiger partial charge is 0.271 e. The second-order valence-corrected chi connectivity index (χ2v) is 8.56. The topological polar surface area (TPSA) is 119 Å². The number of nitrogens with zero attached hydrogens (tertiary/aromatic N) is 2. The van der Waals surface area contributed by atoms with Crippen LogP contribution in [0.15, 0.2) is 18.2 Å². The van der Waals surface area contributed by atoms with E-state index in [-0.39, 0.29) is 54.4 Å². The quantitative estimate of drug-likeness (QED) is 0.475. The Morgan fingerprint density at radius 1 is 1.33 bits per heavy atom. The van der Waals surface area contributed by atoms with Crippen LogP contribution in [0.5, 0.6) is 5.75 Å². The van der Waals surface area contributed by atoms with Gasteiger partial charge in [0.15, 0.2) is 0 Å². The van der Waals surface area contributed by atoms with E-state index in [1.807, 2.05) is 20.8 Å². The second kappa shape index (κ2) is 9.54. The van der Waals surface area contributed by atoms with Gasteiger partial charge in [-0.1, -0.05) is 13.8 Å². The molecule has 0 unspecified atom stereocenters. The van der Waals surface area contributed by atoms with E-state index in [9.17, 15) is 23.3 Å². The lowest BCUT2D eigenvalue weighted by Gasteiger charge is -2.24. The van der Waals surface area contributed by atoms with Crippen LogP contribution in [0.25, 0.3) is 0 Å². The third kappa shape index (κ3) is 6.70. The normalized spacial score (nSPS) is 12.5. The zero-order chi connectivity index (χ0) is 20.8. The average molecular weight is 401 g/mol. The minimum Gasteiger partial charge on any atom is -0.495 e. The van der Waals surface area contributed by atoms with E-state index in [1.165, 1.54) is 19.2 Å². The molecule has 1 aromatic carbocycles. The van der Waals surface area contributed by atoms with Gasteiger partial charge < -0.3 is 10.1 Å². The molecular weight excluding hydrogens is 374 g/mol. The standard InChI is InChI=1S/C17H27N3O6S/c1-12(2)13(3)18-17(21)7-6-10-19(27(5,24)25)15-11-14(20(22)23)8-9-16(15)26-4/h8-9,11-13H,6-7,10H2,1-5H3,(H,18,21)/t13-/m1/s1. The molecule has 0 aromatic heterocycles. The number of nitro benzene ring substituents is 1. The van der Waals surface area contributed by atoms with Gasteiger partial charge in [0.05, 0.1) is 18.3 Å². The van der Waals surface area contributed by atoms with E-state index in [0.717, 1.165) is 16.6 Å². The molecule has 1 atom stereocenters. The first-order valence-corrected chi connectivity index (χ1v) is 10.4. The number of nitrogens with one attached hydrogen (secondary N) is 1. The van der Waals surface area contributed by atoms with Crippen LogP contribution in [0.2, 0.25) is 0 Å². The molecular formula is C17H27N3O6S. The number of sulfonamides is 1. The Morgan fingerprint density at radius 3 is 2.44 bits per heavy atom. The molecule has 0 aliphatic carbocycles. The van der Waals surface area contributed by atoms with E-state index < -0.39 is 14.9 Å². The van der Waals surface area contributed by atoms with Crippen molar-refractivity contribution in [2.45, 2.75) is 39.7 Å². The van der Waals surface area contributed by atoms with E-state index in [0.29, 0.717) is 0 Å². The number of hydrogen-bond acceptors (Lipinski definition) is 6. The number of benzene rings is 1. The number of non-ortho nitro benzene ring substituents is 1. The summed E-state index contributed by atoms with van der Waals surface area (Å²) in [6.45, 7) is 5.88. The van der Waals surface area contributed by atoms with Crippen molar-refractivity contribution in [3.63, 3.8) is 0 Å².